The predicted molar refractivity (Wildman–Crippen MR) is 173 cm³/mol. The van der Waals surface area contributed by atoms with E-state index < -0.39 is 80.3 Å². The van der Waals surface area contributed by atoms with Gasteiger partial charge in [0.25, 0.3) is 0 Å². The van der Waals surface area contributed by atoms with Crippen molar-refractivity contribution in [2.24, 2.45) is 0 Å². The predicted octanol–water partition coefficient (Wildman–Crippen LogP) is 6.84. The maximum atomic E-state index is 14.9. The van der Waals surface area contributed by atoms with Crippen molar-refractivity contribution in [2.45, 2.75) is 56.0 Å². The molecular formula is C35H32F5N3O6S. The number of benzene rings is 4. The second kappa shape index (κ2) is 14.8. The maximum Gasteiger partial charge on any atom is 0.339 e. The lowest BCUT2D eigenvalue weighted by molar-refractivity contribution is -0.119. The molecular weight excluding hydrogens is 685 g/mol. The number of rotatable bonds is 11. The first-order valence-corrected chi connectivity index (χ1v) is 16.9. The number of nitrogens with zero attached hydrogens (tertiary/aromatic N) is 2. The number of carboxylic acid groups (broad SMARTS) is 1. The second-order valence-electron chi connectivity index (χ2n) is 11.9. The molecule has 0 bridgehead atoms. The number of para-hydroxylation sites is 1. The Morgan fingerprint density at radius 2 is 1.40 bits per heavy atom. The highest BCUT2D eigenvalue weighted by molar-refractivity contribution is 7.89. The lowest BCUT2D eigenvalue weighted by atomic mass is 9.84. The third-order valence-electron chi connectivity index (χ3n) is 8.70. The molecule has 0 aliphatic heterocycles. The van der Waals surface area contributed by atoms with Crippen molar-refractivity contribution in [3.05, 3.63) is 118 Å². The number of carbonyl (C=O) groups excluding carboxylic acids is 1. The third-order valence-corrected chi connectivity index (χ3v) is 10.5. The molecule has 0 spiro atoms. The number of sulfonamides is 1. The van der Waals surface area contributed by atoms with E-state index in [1.165, 1.54) is 30.3 Å². The number of nitrogens with two attached hydrogens (primary N) is 1. The van der Waals surface area contributed by atoms with Gasteiger partial charge in [-0.25, -0.2) is 35.2 Å². The fourth-order valence-corrected chi connectivity index (χ4v) is 7.46. The van der Waals surface area contributed by atoms with Crippen LogP contribution in [0.4, 0.5) is 33.3 Å². The number of amides is 1. The number of aromatic carboxylic acids is 1. The number of anilines is 2. The lowest BCUT2D eigenvalue weighted by Crippen LogP contribution is -2.43. The quantitative estimate of drug-likeness (QED) is 0.0668. The summed E-state index contributed by atoms with van der Waals surface area (Å²) in [6, 6.07) is 16.2. The van der Waals surface area contributed by atoms with E-state index in [0.717, 1.165) is 54.7 Å². The Balaban J connectivity index is 1.57. The number of hydrogen-bond acceptors (Lipinski definition) is 6. The van der Waals surface area contributed by atoms with Gasteiger partial charge >= 0.3 is 5.97 Å². The van der Waals surface area contributed by atoms with Crippen LogP contribution in [0.5, 0.6) is 5.75 Å². The number of halogens is 5. The zero-order valence-electron chi connectivity index (χ0n) is 26.4. The molecule has 1 aliphatic carbocycles. The number of aromatic hydroxyl groups is 1. The van der Waals surface area contributed by atoms with Crippen molar-refractivity contribution in [1.82, 2.24) is 4.31 Å². The first-order valence-electron chi connectivity index (χ1n) is 15.5. The molecule has 1 saturated carbocycles. The van der Waals surface area contributed by atoms with E-state index in [1.54, 1.807) is 12.1 Å². The van der Waals surface area contributed by atoms with Crippen LogP contribution in [0.15, 0.2) is 71.6 Å². The monoisotopic (exact) mass is 717 g/mol. The second-order valence-corrected chi connectivity index (χ2v) is 13.8. The van der Waals surface area contributed by atoms with Crippen LogP contribution in [-0.4, -0.2) is 41.4 Å². The van der Waals surface area contributed by atoms with Crippen LogP contribution in [0.2, 0.25) is 0 Å². The minimum atomic E-state index is -5.66. The van der Waals surface area contributed by atoms with Gasteiger partial charge in [-0.1, -0.05) is 61.7 Å². The fraction of sp³-hybridized carbons (Fsp3) is 0.257. The first kappa shape index (κ1) is 36.3. The average molecular weight is 718 g/mol. The van der Waals surface area contributed by atoms with E-state index in [2.05, 4.69) is 0 Å². The van der Waals surface area contributed by atoms with Crippen LogP contribution in [0.3, 0.4) is 0 Å². The Hall–Kier alpha value is -5.02. The van der Waals surface area contributed by atoms with E-state index in [9.17, 15) is 50.2 Å². The van der Waals surface area contributed by atoms with Gasteiger partial charge in [0.1, 0.15) is 11.3 Å². The molecule has 50 heavy (non-hydrogen) atoms. The number of carboxylic acids is 1. The van der Waals surface area contributed by atoms with Crippen molar-refractivity contribution < 1.29 is 50.2 Å². The highest BCUT2D eigenvalue weighted by Gasteiger charge is 2.39. The fourth-order valence-electron chi connectivity index (χ4n) is 5.98. The topological polar surface area (TPSA) is 141 Å². The Morgan fingerprint density at radius 1 is 0.800 bits per heavy atom. The van der Waals surface area contributed by atoms with E-state index in [1.807, 2.05) is 12.1 Å². The summed E-state index contributed by atoms with van der Waals surface area (Å²) in [5.74, 6) is -15.7. The zero-order valence-corrected chi connectivity index (χ0v) is 27.2. The SMILES string of the molecule is Nc1ccccc1CN(CC(=O)N(Cc1ccc(C2CCCCC2)cc1)c1ccc(C(=O)O)c(O)c1)S(=O)(=O)c1c(F)c(F)c(F)c(F)c1F. The molecule has 4 aromatic carbocycles. The van der Waals surface area contributed by atoms with Crippen LogP contribution >= 0.6 is 0 Å². The van der Waals surface area contributed by atoms with Gasteiger partial charge in [0.15, 0.2) is 28.2 Å². The highest BCUT2D eigenvalue weighted by Crippen LogP contribution is 2.34. The molecule has 0 unspecified atom stereocenters. The molecule has 0 radical (unpaired) electrons. The number of nitrogen functional groups attached to an aromatic ring is 1. The minimum absolute atomic E-state index is 0.00153. The lowest BCUT2D eigenvalue weighted by Gasteiger charge is -2.28. The van der Waals surface area contributed by atoms with E-state index >= 15 is 0 Å². The van der Waals surface area contributed by atoms with Gasteiger partial charge in [-0.2, -0.15) is 4.31 Å². The first-order chi connectivity index (χ1) is 23.7. The van der Waals surface area contributed by atoms with Gasteiger partial charge in [0.05, 0.1) is 13.1 Å². The number of hydrogen-bond donors (Lipinski definition) is 3. The normalized spacial score (nSPS) is 13.8. The standard InChI is InChI=1S/C35H32F5N3O6S/c36-29-30(37)32(39)34(33(40)31(29)38)50(48,49)42(18-23-8-4-5-9-26(23)41)19-28(45)43(24-14-15-25(35(46)47)27(44)16-24)17-20-10-12-22(13-11-20)21-6-2-1-3-7-21/h4-5,8-16,21,44H,1-3,6-7,17-19,41H2,(H,46,47). The molecule has 0 aromatic heterocycles. The van der Waals surface area contributed by atoms with Gasteiger partial charge in [-0.05, 0) is 53.6 Å². The van der Waals surface area contributed by atoms with E-state index in [0.29, 0.717) is 11.5 Å². The Bertz CT molecular complexity index is 2010. The van der Waals surface area contributed by atoms with Gasteiger partial charge in [0, 0.05) is 24.0 Å². The third kappa shape index (κ3) is 7.43. The summed E-state index contributed by atoms with van der Waals surface area (Å²) in [7, 11) is -5.66. The summed E-state index contributed by atoms with van der Waals surface area (Å²) in [5.41, 5.74) is 7.08. The van der Waals surface area contributed by atoms with E-state index in [-0.39, 0.29) is 27.8 Å². The summed E-state index contributed by atoms with van der Waals surface area (Å²) >= 11 is 0. The van der Waals surface area contributed by atoms with Gasteiger partial charge in [-0.15, -0.1) is 0 Å². The van der Waals surface area contributed by atoms with Crippen molar-refractivity contribution in [1.29, 1.82) is 0 Å². The minimum Gasteiger partial charge on any atom is -0.507 e. The molecule has 264 valence electrons. The molecule has 1 amide bonds. The summed E-state index contributed by atoms with van der Waals surface area (Å²) in [6.07, 6.45) is 5.41. The molecule has 4 aromatic rings. The molecule has 0 heterocycles. The average Bonchev–Trinajstić information content (AvgIpc) is 3.09. The van der Waals surface area contributed by atoms with Gasteiger partial charge in [0.2, 0.25) is 21.7 Å². The molecule has 0 atom stereocenters. The number of phenols is 1. The summed E-state index contributed by atoms with van der Waals surface area (Å²) < 4.78 is 99.9. The smallest absolute Gasteiger partial charge is 0.339 e. The van der Waals surface area contributed by atoms with Crippen molar-refractivity contribution in [3.63, 3.8) is 0 Å². The van der Waals surface area contributed by atoms with Crippen LogP contribution < -0.4 is 10.6 Å². The highest BCUT2D eigenvalue weighted by atomic mass is 32.2. The molecule has 0 saturated heterocycles. The zero-order chi connectivity index (χ0) is 36.3. The molecule has 5 rings (SSSR count). The van der Waals surface area contributed by atoms with Crippen molar-refractivity contribution in [2.75, 3.05) is 17.2 Å². The Kier molecular flexibility index (Phi) is 10.8. The summed E-state index contributed by atoms with van der Waals surface area (Å²) in [4.78, 5) is 24.5. The maximum absolute atomic E-state index is 14.9. The summed E-state index contributed by atoms with van der Waals surface area (Å²) in [5, 5.41) is 19.8. The molecule has 15 heteroatoms. The molecule has 1 aliphatic rings. The van der Waals surface area contributed by atoms with Crippen molar-refractivity contribution in [3.8, 4) is 5.75 Å². The van der Waals surface area contributed by atoms with Crippen molar-refractivity contribution >= 4 is 33.3 Å². The summed E-state index contributed by atoms with van der Waals surface area (Å²) in [6.45, 7) is -2.29. The van der Waals surface area contributed by atoms with Crippen LogP contribution in [0.1, 0.15) is 65.1 Å². The van der Waals surface area contributed by atoms with Gasteiger partial charge < -0.3 is 20.8 Å². The molecule has 1 fully saturated rings. The molecule has 9 nitrogen and oxygen atoms in total. The van der Waals surface area contributed by atoms with E-state index in [4.69, 9.17) is 5.73 Å². The van der Waals surface area contributed by atoms with Crippen LogP contribution in [-0.2, 0) is 27.9 Å². The van der Waals surface area contributed by atoms with Gasteiger partial charge in [-0.3, -0.25) is 4.79 Å². The van der Waals surface area contributed by atoms with Crippen LogP contribution in [0, 0.1) is 29.1 Å². The Labute approximate surface area is 284 Å². The molecule has 4 N–H and O–H groups in total. The largest absolute Gasteiger partial charge is 0.507 e. The van der Waals surface area contributed by atoms with Crippen LogP contribution in [0.25, 0.3) is 0 Å². The number of carbonyl (C=O) groups is 2. The Morgan fingerprint density at radius 3 is 1.98 bits per heavy atom.